The van der Waals surface area contributed by atoms with Crippen molar-refractivity contribution in [3.8, 4) is 0 Å². The second-order valence-electron chi connectivity index (χ2n) is 6.24. The molecule has 2 unspecified atom stereocenters. The number of nitrogens with zero attached hydrogens (tertiary/aromatic N) is 5. The van der Waals surface area contributed by atoms with Crippen LogP contribution in [0.1, 0.15) is 18.9 Å². The Bertz CT molecular complexity index is 603. The summed E-state index contributed by atoms with van der Waals surface area (Å²) in [7, 11) is 1.85. The van der Waals surface area contributed by atoms with Gasteiger partial charge in [-0.1, -0.05) is 30.3 Å². The summed E-state index contributed by atoms with van der Waals surface area (Å²) >= 11 is 0. The van der Waals surface area contributed by atoms with Gasteiger partial charge in [0.25, 0.3) is 5.96 Å². The number of hydrazone groups is 1. The van der Waals surface area contributed by atoms with Crippen LogP contribution in [0.15, 0.2) is 35.4 Å². The molecule has 0 aliphatic carbocycles. The molecule has 0 radical (unpaired) electrons. The van der Waals surface area contributed by atoms with Crippen LogP contribution in [-0.2, 0) is 11.3 Å². The van der Waals surface area contributed by atoms with Crippen LogP contribution in [0.2, 0.25) is 0 Å². The molecule has 0 amide bonds. The Hall–Kier alpha value is -2.19. The first-order valence-corrected chi connectivity index (χ1v) is 8.14. The Morgan fingerprint density at radius 3 is 2.75 bits per heavy atom. The first kappa shape index (κ1) is 16.7. The average molecular weight is 333 g/mol. The lowest BCUT2D eigenvalue weighted by Gasteiger charge is -2.48. The summed E-state index contributed by atoms with van der Waals surface area (Å²) < 4.78 is 5.48. The van der Waals surface area contributed by atoms with E-state index in [9.17, 15) is 10.1 Å². The summed E-state index contributed by atoms with van der Waals surface area (Å²) in [5.41, 5.74) is 1.22. The Morgan fingerprint density at radius 1 is 1.38 bits per heavy atom. The number of hydrogen-bond acceptors (Lipinski definition) is 4. The smallest absolute Gasteiger partial charge is 0.276 e. The average Bonchev–Trinajstić information content (AvgIpc) is 3.09. The lowest BCUT2D eigenvalue weighted by atomic mass is 10.2. The zero-order valence-electron chi connectivity index (χ0n) is 14.0. The molecule has 2 aliphatic rings. The molecular formula is C16H23N5O3. The SMILES string of the molecule is CC1N(Cc2ccccc2)CN(C2CCOC2)C(=N[N+](=O)[O-])N1C. The Kier molecular flexibility index (Phi) is 4.96. The Labute approximate surface area is 141 Å². The van der Waals surface area contributed by atoms with Crippen molar-refractivity contribution < 1.29 is 9.77 Å². The predicted molar refractivity (Wildman–Crippen MR) is 89.6 cm³/mol. The van der Waals surface area contributed by atoms with E-state index in [4.69, 9.17) is 4.74 Å². The summed E-state index contributed by atoms with van der Waals surface area (Å²) in [6.45, 7) is 4.69. The van der Waals surface area contributed by atoms with E-state index in [1.54, 1.807) is 0 Å². The van der Waals surface area contributed by atoms with Crippen molar-refractivity contribution in [1.29, 1.82) is 0 Å². The van der Waals surface area contributed by atoms with Crippen molar-refractivity contribution in [2.24, 2.45) is 5.10 Å². The third-order valence-corrected chi connectivity index (χ3v) is 4.74. The maximum absolute atomic E-state index is 11.0. The third-order valence-electron chi connectivity index (χ3n) is 4.74. The first-order chi connectivity index (χ1) is 11.6. The van der Waals surface area contributed by atoms with Gasteiger partial charge in [-0.25, -0.2) is 10.1 Å². The standard InChI is InChI=1S/C16H23N5O3/c1-13-18(2)16(17-21(22)23)20(15-8-9-24-11-15)12-19(13)10-14-6-4-3-5-7-14/h3-7,13,15H,8-12H2,1-2H3. The van der Waals surface area contributed by atoms with Crippen LogP contribution in [-0.4, -0.2) is 64.8 Å². The van der Waals surface area contributed by atoms with E-state index in [1.165, 1.54) is 5.56 Å². The minimum absolute atomic E-state index is 0.0162. The zero-order valence-corrected chi connectivity index (χ0v) is 14.0. The fourth-order valence-corrected chi connectivity index (χ4v) is 3.24. The second kappa shape index (κ2) is 7.14. The highest BCUT2D eigenvalue weighted by atomic mass is 16.7. The minimum Gasteiger partial charge on any atom is -0.379 e. The number of guanidine groups is 1. The van der Waals surface area contributed by atoms with E-state index in [0.29, 0.717) is 25.8 Å². The topological polar surface area (TPSA) is 74.4 Å². The van der Waals surface area contributed by atoms with Crippen LogP contribution in [0.4, 0.5) is 0 Å². The van der Waals surface area contributed by atoms with Gasteiger partial charge in [-0.3, -0.25) is 4.90 Å². The Morgan fingerprint density at radius 2 is 2.12 bits per heavy atom. The van der Waals surface area contributed by atoms with Gasteiger partial charge in [0, 0.05) is 20.2 Å². The highest BCUT2D eigenvalue weighted by molar-refractivity contribution is 5.80. The van der Waals surface area contributed by atoms with Crippen molar-refractivity contribution >= 4 is 5.96 Å². The van der Waals surface area contributed by atoms with Crippen LogP contribution in [0, 0.1) is 10.1 Å². The second-order valence-corrected chi connectivity index (χ2v) is 6.24. The number of ether oxygens (including phenoxy) is 1. The lowest BCUT2D eigenvalue weighted by Crippen LogP contribution is -2.64. The van der Waals surface area contributed by atoms with E-state index in [1.807, 2.05) is 42.0 Å². The van der Waals surface area contributed by atoms with Crippen molar-refractivity contribution in [2.75, 3.05) is 26.9 Å². The van der Waals surface area contributed by atoms with Crippen LogP contribution < -0.4 is 0 Å². The molecular weight excluding hydrogens is 310 g/mol. The van der Waals surface area contributed by atoms with Crippen molar-refractivity contribution in [2.45, 2.75) is 32.1 Å². The van der Waals surface area contributed by atoms with Gasteiger partial charge < -0.3 is 14.5 Å². The van der Waals surface area contributed by atoms with Crippen molar-refractivity contribution in [3.63, 3.8) is 0 Å². The number of hydrogen-bond donors (Lipinski definition) is 0. The number of benzene rings is 1. The van der Waals surface area contributed by atoms with E-state index < -0.39 is 5.03 Å². The van der Waals surface area contributed by atoms with Crippen molar-refractivity contribution in [3.05, 3.63) is 46.0 Å². The largest absolute Gasteiger partial charge is 0.379 e. The van der Waals surface area contributed by atoms with Gasteiger partial charge in [0.05, 0.1) is 25.5 Å². The quantitative estimate of drug-likeness (QED) is 0.612. The molecule has 2 fully saturated rings. The molecule has 0 bridgehead atoms. The molecule has 0 saturated carbocycles. The molecule has 2 aliphatic heterocycles. The van der Waals surface area contributed by atoms with E-state index >= 15 is 0 Å². The third kappa shape index (κ3) is 3.49. The minimum atomic E-state index is -0.617. The summed E-state index contributed by atoms with van der Waals surface area (Å²) in [6, 6.07) is 10.4. The van der Waals surface area contributed by atoms with E-state index in [2.05, 4.69) is 22.1 Å². The molecule has 8 nitrogen and oxygen atoms in total. The molecule has 1 aromatic rings. The Balaban J connectivity index is 1.84. The fourth-order valence-electron chi connectivity index (χ4n) is 3.24. The summed E-state index contributed by atoms with van der Waals surface area (Å²) in [5.74, 6) is 0.410. The highest BCUT2D eigenvalue weighted by Crippen LogP contribution is 2.23. The number of rotatable bonds is 4. The van der Waals surface area contributed by atoms with Crippen LogP contribution in [0.5, 0.6) is 0 Å². The molecule has 130 valence electrons. The summed E-state index contributed by atoms with van der Waals surface area (Å²) in [5, 5.41) is 14.0. The lowest BCUT2D eigenvalue weighted by molar-refractivity contribution is -0.486. The number of nitro groups is 1. The van der Waals surface area contributed by atoms with Gasteiger partial charge >= 0.3 is 0 Å². The van der Waals surface area contributed by atoms with Gasteiger partial charge in [0.2, 0.25) is 0 Å². The molecule has 24 heavy (non-hydrogen) atoms. The maximum Gasteiger partial charge on any atom is 0.276 e. The first-order valence-electron chi connectivity index (χ1n) is 8.14. The molecule has 8 heteroatoms. The van der Waals surface area contributed by atoms with Gasteiger partial charge in [-0.15, -0.1) is 0 Å². The predicted octanol–water partition coefficient (Wildman–Crippen LogP) is 1.38. The summed E-state index contributed by atoms with van der Waals surface area (Å²) in [4.78, 5) is 17.1. The normalized spacial score (nSPS) is 27.0. The molecule has 0 spiro atoms. The van der Waals surface area contributed by atoms with Gasteiger partial charge in [0.1, 0.15) is 5.10 Å². The molecule has 2 heterocycles. The van der Waals surface area contributed by atoms with Crippen LogP contribution >= 0.6 is 0 Å². The van der Waals surface area contributed by atoms with Crippen molar-refractivity contribution in [1.82, 2.24) is 14.7 Å². The highest BCUT2D eigenvalue weighted by Gasteiger charge is 2.38. The summed E-state index contributed by atoms with van der Waals surface area (Å²) in [6.07, 6.45) is 0.875. The van der Waals surface area contributed by atoms with E-state index in [0.717, 1.165) is 13.0 Å². The molecule has 0 N–H and O–H groups in total. The van der Waals surface area contributed by atoms with Crippen LogP contribution in [0.25, 0.3) is 0 Å². The molecule has 2 saturated heterocycles. The molecule has 0 aromatic heterocycles. The zero-order chi connectivity index (χ0) is 17.1. The molecule has 1 aromatic carbocycles. The van der Waals surface area contributed by atoms with E-state index in [-0.39, 0.29) is 12.2 Å². The molecule has 3 rings (SSSR count). The van der Waals surface area contributed by atoms with Gasteiger partial charge in [-0.05, 0) is 18.9 Å². The van der Waals surface area contributed by atoms with Gasteiger partial charge in [-0.2, -0.15) is 0 Å². The molecule has 2 atom stereocenters. The monoisotopic (exact) mass is 333 g/mol. The maximum atomic E-state index is 11.0. The van der Waals surface area contributed by atoms with Crippen LogP contribution in [0.3, 0.4) is 0 Å². The van der Waals surface area contributed by atoms with Gasteiger partial charge in [0.15, 0.2) is 5.03 Å². The fraction of sp³-hybridized carbons (Fsp3) is 0.562.